The number of thioether (sulfide) groups is 1. The predicted octanol–water partition coefficient (Wildman–Crippen LogP) is 0.304. The number of hydrogen-bond acceptors (Lipinski definition) is 6. The highest BCUT2D eigenvalue weighted by atomic mass is 32.2. The molecule has 0 aliphatic heterocycles. The molecule has 17 heavy (non-hydrogen) atoms. The Kier molecular flexibility index (Phi) is 3.45. The van der Waals surface area contributed by atoms with Crippen LogP contribution in [-0.4, -0.2) is 20.6 Å². The zero-order valence-electron chi connectivity index (χ0n) is 9.08. The van der Waals surface area contributed by atoms with Crippen LogP contribution in [0.4, 0.5) is 0 Å². The van der Waals surface area contributed by atoms with Gasteiger partial charge >= 0.3 is 0 Å². The number of hydrazine groups is 1. The summed E-state index contributed by atoms with van der Waals surface area (Å²) in [5, 5.41) is 4.47. The molecule has 0 saturated heterocycles. The Labute approximate surface area is 101 Å². The molecule has 0 fully saturated rings. The van der Waals surface area contributed by atoms with E-state index < -0.39 is 5.91 Å². The first kappa shape index (κ1) is 11.7. The topological polar surface area (TPSA) is 99.0 Å². The number of nitrogens with one attached hydrogen (secondary N) is 1. The van der Waals surface area contributed by atoms with Crippen LogP contribution in [0.1, 0.15) is 16.2 Å². The maximum Gasteiger partial charge on any atom is 0.287 e. The van der Waals surface area contributed by atoms with Crippen molar-refractivity contribution in [2.24, 2.45) is 12.9 Å². The number of nitrogens with zero attached hydrogens (tertiary/aromatic N) is 3. The quantitative estimate of drug-likeness (QED) is 0.352. The fourth-order valence-electron chi connectivity index (χ4n) is 1.19. The minimum atomic E-state index is -0.470. The molecule has 0 aromatic carbocycles. The number of nitrogen functional groups attached to an aromatic ring is 1. The van der Waals surface area contributed by atoms with Crippen molar-refractivity contribution in [3.05, 3.63) is 29.9 Å². The molecule has 90 valence electrons. The molecule has 0 saturated carbocycles. The molecule has 2 aromatic rings. The van der Waals surface area contributed by atoms with Gasteiger partial charge in [0.25, 0.3) is 5.91 Å². The monoisotopic (exact) mass is 253 g/mol. The summed E-state index contributed by atoms with van der Waals surface area (Å²) in [6.07, 6.45) is 3.58. The van der Waals surface area contributed by atoms with E-state index in [0.717, 1.165) is 5.16 Å². The minimum Gasteiger partial charge on any atom is -0.360 e. The number of amides is 1. The number of aromatic nitrogens is 3. The van der Waals surface area contributed by atoms with Crippen molar-refractivity contribution in [2.75, 3.05) is 0 Å². The highest BCUT2D eigenvalue weighted by Crippen LogP contribution is 2.20. The maximum absolute atomic E-state index is 11.1. The lowest BCUT2D eigenvalue weighted by Crippen LogP contribution is -2.30. The Morgan fingerprint density at radius 3 is 3.18 bits per heavy atom. The molecule has 0 unspecified atom stereocenters. The van der Waals surface area contributed by atoms with Gasteiger partial charge in [-0.2, -0.15) is 0 Å². The normalized spacial score (nSPS) is 10.5. The largest absolute Gasteiger partial charge is 0.360 e. The average molecular weight is 253 g/mol. The second kappa shape index (κ2) is 5.02. The van der Waals surface area contributed by atoms with Crippen molar-refractivity contribution in [3.8, 4) is 0 Å². The Morgan fingerprint density at radius 1 is 1.71 bits per heavy atom. The first-order valence-corrected chi connectivity index (χ1v) is 5.76. The van der Waals surface area contributed by atoms with E-state index >= 15 is 0 Å². The zero-order chi connectivity index (χ0) is 12.3. The number of rotatable bonds is 4. The van der Waals surface area contributed by atoms with Crippen LogP contribution in [0, 0.1) is 0 Å². The van der Waals surface area contributed by atoms with Crippen molar-refractivity contribution in [3.63, 3.8) is 0 Å². The number of hydrogen-bond donors (Lipinski definition) is 2. The van der Waals surface area contributed by atoms with E-state index in [1.165, 1.54) is 11.8 Å². The summed E-state index contributed by atoms with van der Waals surface area (Å²) in [6.45, 7) is 0. The lowest BCUT2D eigenvalue weighted by Gasteiger charge is -1.97. The number of imidazole rings is 1. The van der Waals surface area contributed by atoms with Crippen LogP contribution in [0.15, 0.2) is 28.1 Å². The second-order valence-corrected chi connectivity index (χ2v) is 4.20. The van der Waals surface area contributed by atoms with Crippen LogP contribution in [0.2, 0.25) is 0 Å². The van der Waals surface area contributed by atoms with Crippen LogP contribution in [0.5, 0.6) is 0 Å². The van der Waals surface area contributed by atoms with Crippen molar-refractivity contribution in [1.82, 2.24) is 20.1 Å². The SMILES string of the molecule is Cn1ccnc1SCc1cc(C(=O)NN)no1. The third-order valence-corrected chi connectivity index (χ3v) is 3.12. The van der Waals surface area contributed by atoms with Crippen molar-refractivity contribution < 1.29 is 9.32 Å². The highest BCUT2D eigenvalue weighted by Gasteiger charge is 2.11. The van der Waals surface area contributed by atoms with Gasteiger partial charge in [0, 0.05) is 25.5 Å². The molecule has 3 N–H and O–H groups in total. The van der Waals surface area contributed by atoms with Gasteiger partial charge in [-0.05, 0) is 0 Å². The van der Waals surface area contributed by atoms with E-state index in [-0.39, 0.29) is 5.69 Å². The fourth-order valence-corrected chi connectivity index (χ4v) is 2.00. The summed E-state index contributed by atoms with van der Waals surface area (Å²) in [5.74, 6) is 5.66. The van der Waals surface area contributed by atoms with Gasteiger partial charge in [-0.15, -0.1) is 0 Å². The molecule has 8 heteroatoms. The summed E-state index contributed by atoms with van der Waals surface area (Å²) in [7, 11) is 1.91. The third kappa shape index (κ3) is 2.66. The van der Waals surface area contributed by atoms with E-state index in [4.69, 9.17) is 10.4 Å². The summed E-state index contributed by atoms with van der Waals surface area (Å²) in [6, 6.07) is 1.55. The van der Waals surface area contributed by atoms with E-state index in [9.17, 15) is 4.79 Å². The molecule has 0 aliphatic carbocycles. The Balaban J connectivity index is 1.98. The molecule has 0 atom stereocenters. The maximum atomic E-state index is 11.1. The highest BCUT2D eigenvalue weighted by molar-refractivity contribution is 7.98. The van der Waals surface area contributed by atoms with Crippen LogP contribution in [-0.2, 0) is 12.8 Å². The fraction of sp³-hybridized carbons (Fsp3) is 0.222. The molecule has 0 spiro atoms. The van der Waals surface area contributed by atoms with Crippen molar-refractivity contribution in [1.29, 1.82) is 0 Å². The second-order valence-electron chi connectivity index (χ2n) is 3.26. The van der Waals surface area contributed by atoms with Gasteiger partial charge in [0.1, 0.15) is 5.76 Å². The van der Waals surface area contributed by atoms with Gasteiger partial charge in [0.05, 0.1) is 5.75 Å². The molecule has 2 rings (SSSR count). The molecular formula is C9H11N5O2S. The molecular weight excluding hydrogens is 242 g/mol. The summed E-state index contributed by atoms with van der Waals surface area (Å²) in [5.41, 5.74) is 2.16. The first-order chi connectivity index (χ1) is 8.20. The van der Waals surface area contributed by atoms with Gasteiger partial charge in [0.15, 0.2) is 10.9 Å². The Morgan fingerprint density at radius 2 is 2.53 bits per heavy atom. The van der Waals surface area contributed by atoms with Crippen LogP contribution < -0.4 is 11.3 Å². The first-order valence-electron chi connectivity index (χ1n) is 4.77. The van der Waals surface area contributed by atoms with E-state index in [0.29, 0.717) is 11.5 Å². The number of aryl methyl sites for hydroxylation is 1. The van der Waals surface area contributed by atoms with Crippen LogP contribution in [0.3, 0.4) is 0 Å². The third-order valence-electron chi connectivity index (χ3n) is 2.04. The number of carbonyl (C=O) groups excluding carboxylic acids is 1. The lowest BCUT2D eigenvalue weighted by atomic mass is 10.4. The van der Waals surface area contributed by atoms with Gasteiger partial charge in [-0.25, -0.2) is 10.8 Å². The Bertz CT molecular complexity index is 521. The molecule has 2 heterocycles. The van der Waals surface area contributed by atoms with Crippen LogP contribution >= 0.6 is 11.8 Å². The average Bonchev–Trinajstić information content (AvgIpc) is 2.94. The van der Waals surface area contributed by atoms with E-state index in [2.05, 4.69) is 10.1 Å². The van der Waals surface area contributed by atoms with Gasteiger partial charge in [0.2, 0.25) is 0 Å². The predicted molar refractivity (Wildman–Crippen MR) is 60.9 cm³/mol. The summed E-state index contributed by atoms with van der Waals surface area (Å²) in [4.78, 5) is 15.3. The molecule has 0 aliphatic rings. The molecule has 0 radical (unpaired) electrons. The zero-order valence-corrected chi connectivity index (χ0v) is 9.90. The summed E-state index contributed by atoms with van der Waals surface area (Å²) < 4.78 is 6.90. The molecule has 1 amide bonds. The van der Waals surface area contributed by atoms with Gasteiger partial charge in [-0.3, -0.25) is 10.2 Å². The van der Waals surface area contributed by atoms with Gasteiger partial charge < -0.3 is 9.09 Å². The van der Waals surface area contributed by atoms with Crippen molar-refractivity contribution >= 4 is 17.7 Å². The van der Waals surface area contributed by atoms with Crippen molar-refractivity contribution in [2.45, 2.75) is 10.9 Å². The standard InChI is InChI=1S/C9H11N5O2S/c1-14-3-2-11-9(14)17-5-6-4-7(13-16-6)8(15)12-10/h2-4H,5,10H2,1H3,(H,12,15). The minimum absolute atomic E-state index is 0.169. The molecule has 2 aromatic heterocycles. The Hall–Kier alpha value is -1.80. The van der Waals surface area contributed by atoms with Gasteiger partial charge in [-0.1, -0.05) is 16.9 Å². The lowest BCUT2D eigenvalue weighted by molar-refractivity contribution is 0.0944. The molecule has 0 bridgehead atoms. The smallest absolute Gasteiger partial charge is 0.287 e. The van der Waals surface area contributed by atoms with E-state index in [1.54, 1.807) is 12.3 Å². The summed E-state index contributed by atoms with van der Waals surface area (Å²) >= 11 is 1.49. The number of nitrogens with two attached hydrogens (primary N) is 1. The molecule has 7 nitrogen and oxygen atoms in total. The van der Waals surface area contributed by atoms with Crippen LogP contribution in [0.25, 0.3) is 0 Å². The van der Waals surface area contributed by atoms with E-state index in [1.807, 2.05) is 23.2 Å². The number of carbonyl (C=O) groups is 1.